The van der Waals surface area contributed by atoms with E-state index in [-0.39, 0.29) is 23.3 Å². The summed E-state index contributed by atoms with van der Waals surface area (Å²) in [6, 6.07) is 7.83. The summed E-state index contributed by atoms with van der Waals surface area (Å²) in [4.78, 5) is 42.6. The molecule has 1 saturated heterocycles. The number of carbonyl (C=O) groups excluding carboxylic acids is 3. The SMILES string of the molecule is CC1CCC(c2ccc(Cl)c(Cl)c2)N(C(=O)C(=O)Nc2ncccc2C(N)=O)C1. The fourth-order valence-electron chi connectivity index (χ4n) is 3.44. The van der Waals surface area contributed by atoms with Crippen molar-refractivity contribution >= 4 is 46.7 Å². The molecule has 2 aromatic rings. The molecule has 1 fully saturated rings. The van der Waals surface area contributed by atoms with Gasteiger partial charge in [0.25, 0.3) is 5.91 Å². The average molecular weight is 435 g/mol. The molecule has 2 unspecified atom stereocenters. The number of primary amides is 1. The number of nitrogens with zero attached hydrogens (tertiary/aromatic N) is 2. The van der Waals surface area contributed by atoms with Crippen molar-refractivity contribution < 1.29 is 14.4 Å². The molecule has 7 nitrogen and oxygen atoms in total. The Hall–Kier alpha value is -2.64. The van der Waals surface area contributed by atoms with E-state index in [1.165, 1.54) is 23.2 Å². The molecule has 29 heavy (non-hydrogen) atoms. The number of nitrogens with one attached hydrogen (secondary N) is 1. The van der Waals surface area contributed by atoms with E-state index < -0.39 is 17.7 Å². The highest BCUT2D eigenvalue weighted by Gasteiger charge is 2.34. The first-order valence-corrected chi connectivity index (χ1v) is 9.85. The van der Waals surface area contributed by atoms with Gasteiger partial charge in [-0.25, -0.2) is 4.98 Å². The van der Waals surface area contributed by atoms with E-state index in [2.05, 4.69) is 10.3 Å². The number of benzene rings is 1. The standard InChI is InChI=1S/C20H20Cl2N4O3/c1-11-4-7-16(12-5-6-14(21)15(22)9-12)26(10-11)20(29)19(28)25-18-13(17(23)27)3-2-8-24-18/h2-3,5-6,8-9,11,16H,4,7,10H2,1H3,(H2,23,27)(H,24,25,28). The third-order valence-corrected chi connectivity index (χ3v) is 5.65. The lowest BCUT2D eigenvalue weighted by atomic mass is 9.90. The molecule has 0 aliphatic carbocycles. The van der Waals surface area contributed by atoms with Crippen molar-refractivity contribution in [1.29, 1.82) is 0 Å². The Morgan fingerprint density at radius 1 is 1.17 bits per heavy atom. The van der Waals surface area contributed by atoms with Gasteiger partial charge >= 0.3 is 11.8 Å². The van der Waals surface area contributed by atoms with Gasteiger partial charge in [0.05, 0.1) is 21.7 Å². The Balaban J connectivity index is 1.85. The van der Waals surface area contributed by atoms with Crippen molar-refractivity contribution in [3.8, 4) is 0 Å². The lowest BCUT2D eigenvalue weighted by Gasteiger charge is -2.38. The molecule has 1 aliphatic heterocycles. The molecule has 0 saturated carbocycles. The zero-order valence-corrected chi connectivity index (χ0v) is 17.2. The first kappa shape index (κ1) is 21.1. The number of piperidine rings is 1. The zero-order valence-electron chi connectivity index (χ0n) is 15.7. The Kier molecular flexibility index (Phi) is 6.39. The van der Waals surface area contributed by atoms with Crippen molar-refractivity contribution in [2.45, 2.75) is 25.8 Å². The summed E-state index contributed by atoms with van der Waals surface area (Å²) in [6.45, 7) is 2.44. The third kappa shape index (κ3) is 4.68. The van der Waals surface area contributed by atoms with Crippen LogP contribution < -0.4 is 11.1 Å². The van der Waals surface area contributed by atoms with Gasteiger partial charge in [0.1, 0.15) is 5.82 Å². The normalized spacial score (nSPS) is 18.9. The Labute approximate surface area is 178 Å². The van der Waals surface area contributed by atoms with Gasteiger partial charge in [-0.05, 0) is 48.6 Å². The number of halogens is 2. The maximum Gasteiger partial charge on any atom is 0.315 e. The number of amides is 3. The van der Waals surface area contributed by atoms with Crippen LogP contribution in [0.25, 0.3) is 0 Å². The van der Waals surface area contributed by atoms with Gasteiger partial charge in [0.2, 0.25) is 0 Å². The Morgan fingerprint density at radius 3 is 2.62 bits per heavy atom. The van der Waals surface area contributed by atoms with Crippen LogP contribution in [0.2, 0.25) is 10.0 Å². The average Bonchev–Trinajstić information content (AvgIpc) is 2.69. The maximum absolute atomic E-state index is 13.0. The third-order valence-electron chi connectivity index (χ3n) is 4.91. The molecule has 152 valence electrons. The molecular weight excluding hydrogens is 415 g/mol. The number of carbonyl (C=O) groups is 3. The first-order valence-electron chi connectivity index (χ1n) is 9.09. The lowest BCUT2D eigenvalue weighted by Crippen LogP contribution is -2.46. The number of likely N-dealkylation sites (tertiary alicyclic amines) is 1. The second kappa shape index (κ2) is 8.80. The minimum atomic E-state index is -0.884. The molecule has 2 heterocycles. The van der Waals surface area contributed by atoms with E-state index in [0.29, 0.717) is 23.0 Å². The minimum absolute atomic E-state index is 0.0293. The molecule has 1 aromatic heterocycles. The highest BCUT2D eigenvalue weighted by molar-refractivity contribution is 6.42. The van der Waals surface area contributed by atoms with E-state index in [1.54, 1.807) is 18.2 Å². The number of rotatable bonds is 3. The van der Waals surface area contributed by atoms with Crippen LogP contribution in [0.5, 0.6) is 0 Å². The largest absolute Gasteiger partial charge is 0.365 e. The molecule has 0 bridgehead atoms. The first-order chi connectivity index (χ1) is 13.8. The quantitative estimate of drug-likeness (QED) is 0.721. The smallest absolute Gasteiger partial charge is 0.315 e. The van der Waals surface area contributed by atoms with E-state index in [9.17, 15) is 14.4 Å². The molecule has 2 atom stereocenters. The van der Waals surface area contributed by atoms with Crippen LogP contribution in [0.3, 0.4) is 0 Å². The van der Waals surface area contributed by atoms with Crippen LogP contribution in [0, 0.1) is 5.92 Å². The van der Waals surface area contributed by atoms with E-state index in [1.807, 2.05) is 6.92 Å². The molecule has 0 spiro atoms. The summed E-state index contributed by atoms with van der Waals surface area (Å²) in [5, 5.41) is 3.22. The van der Waals surface area contributed by atoms with Gasteiger partial charge in [0.15, 0.2) is 0 Å². The minimum Gasteiger partial charge on any atom is -0.365 e. The van der Waals surface area contributed by atoms with Crippen molar-refractivity contribution in [3.05, 3.63) is 57.7 Å². The monoisotopic (exact) mass is 434 g/mol. The van der Waals surface area contributed by atoms with Gasteiger partial charge in [-0.2, -0.15) is 0 Å². The number of nitrogens with two attached hydrogens (primary N) is 1. The van der Waals surface area contributed by atoms with Gasteiger partial charge in [0, 0.05) is 12.7 Å². The molecule has 3 N–H and O–H groups in total. The predicted octanol–water partition coefficient (Wildman–Crippen LogP) is 3.43. The number of pyridine rings is 1. The fourth-order valence-corrected chi connectivity index (χ4v) is 3.74. The summed E-state index contributed by atoms with van der Waals surface area (Å²) in [6.07, 6.45) is 2.99. The van der Waals surface area contributed by atoms with Crippen LogP contribution >= 0.6 is 23.2 Å². The summed E-state index contributed by atoms with van der Waals surface area (Å²) < 4.78 is 0. The fraction of sp³-hybridized carbons (Fsp3) is 0.300. The number of hydrogen-bond acceptors (Lipinski definition) is 4. The molecule has 3 amide bonds. The van der Waals surface area contributed by atoms with Crippen LogP contribution in [0.15, 0.2) is 36.5 Å². The molecule has 3 rings (SSSR count). The number of hydrogen-bond donors (Lipinski definition) is 2. The lowest BCUT2D eigenvalue weighted by molar-refractivity contribution is -0.146. The molecule has 9 heteroatoms. The molecule has 1 aliphatic rings. The van der Waals surface area contributed by atoms with Gasteiger partial charge < -0.3 is 16.0 Å². The van der Waals surface area contributed by atoms with E-state index >= 15 is 0 Å². The number of anilines is 1. The summed E-state index contributed by atoms with van der Waals surface area (Å²) in [7, 11) is 0. The van der Waals surface area contributed by atoms with E-state index in [0.717, 1.165) is 12.0 Å². The summed E-state index contributed by atoms with van der Waals surface area (Å²) >= 11 is 12.1. The van der Waals surface area contributed by atoms with Gasteiger partial charge in [-0.3, -0.25) is 14.4 Å². The van der Waals surface area contributed by atoms with Crippen molar-refractivity contribution in [2.24, 2.45) is 11.7 Å². The van der Waals surface area contributed by atoms with Crippen molar-refractivity contribution in [1.82, 2.24) is 9.88 Å². The van der Waals surface area contributed by atoms with Crippen LogP contribution in [0.4, 0.5) is 5.82 Å². The van der Waals surface area contributed by atoms with Crippen LogP contribution in [-0.2, 0) is 9.59 Å². The van der Waals surface area contributed by atoms with Crippen LogP contribution in [0.1, 0.15) is 41.7 Å². The second-order valence-corrected chi connectivity index (χ2v) is 7.86. The molecular formula is C20H20Cl2N4O3. The topological polar surface area (TPSA) is 105 Å². The van der Waals surface area contributed by atoms with Gasteiger partial charge in [-0.15, -0.1) is 0 Å². The van der Waals surface area contributed by atoms with Crippen LogP contribution in [-0.4, -0.2) is 34.2 Å². The predicted molar refractivity (Wildman–Crippen MR) is 111 cm³/mol. The highest BCUT2D eigenvalue weighted by Crippen LogP contribution is 2.36. The maximum atomic E-state index is 13.0. The highest BCUT2D eigenvalue weighted by atomic mass is 35.5. The summed E-state index contributed by atoms with van der Waals surface area (Å²) in [5.41, 5.74) is 6.14. The Morgan fingerprint density at radius 2 is 1.93 bits per heavy atom. The number of aromatic nitrogens is 1. The molecule has 1 aromatic carbocycles. The summed E-state index contributed by atoms with van der Waals surface area (Å²) in [5.74, 6) is -2.16. The van der Waals surface area contributed by atoms with Crippen molar-refractivity contribution in [3.63, 3.8) is 0 Å². The zero-order chi connectivity index (χ0) is 21.1. The van der Waals surface area contributed by atoms with E-state index in [4.69, 9.17) is 28.9 Å². The van der Waals surface area contributed by atoms with Gasteiger partial charge in [-0.1, -0.05) is 36.2 Å². The second-order valence-electron chi connectivity index (χ2n) is 7.05. The van der Waals surface area contributed by atoms with Crippen molar-refractivity contribution in [2.75, 3.05) is 11.9 Å². The molecule has 0 radical (unpaired) electrons. The Bertz CT molecular complexity index is 966.